The molecule has 0 radical (unpaired) electrons. The molecule has 144 valence electrons. The first kappa shape index (κ1) is 19.4. The molecule has 2 aromatic carbocycles. The summed E-state index contributed by atoms with van der Waals surface area (Å²) in [6.45, 7) is 5.42. The van der Waals surface area contributed by atoms with Gasteiger partial charge in [0.1, 0.15) is 12.4 Å². The fourth-order valence-electron chi connectivity index (χ4n) is 3.64. The highest BCUT2D eigenvalue weighted by atomic mass is 16.5. The van der Waals surface area contributed by atoms with Crippen LogP contribution in [0.2, 0.25) is 0 Å². The summed E-state index contributed by atoms with van der Waals surface area (Å²) in [7, 11) is 1.99. The number of piperidine rings is 1. The molecule has 4 nitrogen and oxygen atoms in total. The summed E-state index contributed by atoms with van der Waals surface area (Å²) in [6, 6.07) is 16.2. The van der Waals surface area contributed by atoms with Gasteiger partial charge in [-0.15, -0.1) is 0 Å². The fraction of sp³-hybridized carbons (Fsp3) is 0.435. The molecule has 0 bridgehead atoms. The van der Waals surface area contributed by atoms with Crippen molar-refractivity contribution in [3.05, 3.63) is 65.2 Å². The van der Waals surface area contributed by atoms with Gasteiger partial charge in [-0.3, -0.25) is 4.79 Å². The van der Waals surface area contributed by atoms with Crippen LogP contribution in [0.1, 0.15) is 29.5 Å². The minimum absolute atomic E-state index is 0.217. The molecular weight excluding hydrogens is 336 g/mol. The Balaban J connectivity index is 1.53. The van der Waals surface area contributed by atoms with Gasteiger partial charge in [0.25, 0.3) is 0 Å². The van der Waals surface area contributed by atoms with E-state index < -0.39 is 0 Å². The minimum atomic E-state index is 0.217. The van der Waals surface area contributed by atoms with Gasteiger partial charge in [0, 0.05) is 13.1 Å². The molecule has 1 amide bonds. The Bertz CT molecular complexity index is 752. The van der Waals surface area contributed by atoms with E-state index in [9.17, 15) is 4.79 Å². The molecule has 1 N–H and O–H groups in total. The minimum Gasteiger partial charge on any atom is -0.489 e. The number of carbonyl (C=O) groups is 1. The first-order valence-electron chi connectivity index (χ1n) is 9.84. The van der Waals surface area contributed by atoms with Crippen molar-refractivity contribution in [2.24, 2.45) is 5.92 Å². The molecule has 0 aromatic heterocycles. The average molecular weight is 367 g/mol. The predicted molar refractivity (Wildman–Crippen MR) is 109 cm³/mol. The second-order valence-corrected chi connectivity index (χ2v) is 7.42. The van der Waals surface area contributed by atoms with Crippen molar-refractivity contribution >= 4 is 5.91 Å². The predicted octanol–water partition coefficient (Wildman–Crippen LogP) is 3.57. The van der Waals surface area contributed by atoms with Gasteiger partial charge in [0.15, 0.2) is 0 Å². The number of aryl methyl sites for hydroxylation is 1. The van der Waals surface area contributed by atoms with Crippen LogP contribution >= 0.6 is 0 Å². The lowest BCUT2D eigenvalue weighted by Crippen LogP contribution is -2.41. The Labute approximate surface area is 162 Å². The van der Waals surface area contributed by atoms with Gasteiger partial charge in [-0.25, -0.2) is 0 Å². The summed E-state index contributed by atoms with van der Waals surface area (Å²) >= 11 is 0. The van der Waals surface area contributed by atoms with E-state index in [0.29, 0.717) is 18.9 Å². The Morgan fingerprint density at radius 2 is 1.93 bits per heavy atom. The second kappa shape index (κ2) is 9.56. The van der Waals surface area contributed by atoms with Gasteiger partial charge in [0.05, 0.1) is 6.42 Å². The van der Waals surface area contributed by atoms with Gasteiger partial charge in [-0.2, -0.15) is 0 Å². The highest BCUT2D eigenvalue weighted by Crippen LogP contribution is 2.20. The molecule has 1 aliphatic heterocycles. The molecule has 1 heterocycles. The lowest BCUT2D eigenvalue weighted by Gasteiger charge is -2.32. The largest absolute Gasteiger partial charge is 0.489 e. The van der Waals surface area contributed by atoms with Crippen molar-refractivity contribution in [2.75, 3.05) is 26.7 Å². The van der Waals surface area contributed by atoms with Crippen molar-refractivity contribution < 1.29 is 9.53 Å². The maximum atomic E-state index is 12.6. The number of benzene rings is 2. The van der Waals surface area contributed by atoms with Gasteiger partial charge in [0.2, 0.25) is 5.91 Å². The van der Waals surface area contributed by atoms with Crippen molar-refractivity contribution in [3.8, 4) is 5.75 Å². The zero-order chi connectivity index (χ0) is 19.1. The Morgan fingerprint density at radius 3 is 2.67 bits per heavy atom. The van der Waals surface area contributed by atoms with Gasteiger partial charge in [-0.1, -0.05) is 36.4 Å². The van der Waals surface area contributed by atoms with Crippen molar-refractivity contribution in [1.82, 2.24) is 10.2 Å². The maximum absolute atomic E-state index is 12.6. The van der Waals surface area contributed by atoms with Gasteiger partial charge < -0.3 is 15.0 Å². The molecule has 1 fully saturated rings. The molecule has 0 spiro atoms. The average Bonchev–Trinajstić information content (AvgIpc) is 2.68. The molecule has 0 aliphatic carbocycles. The molecular formula is C23H30N2O2. The van der Waals surface area contributed by atoms with Crippen LogP contribution in [0.5, 0.6) is 5.75 Å². The number of ether oxygens (including phenoxy) is 1. The van der Waals surface area contributed by atoms with Crippen LogP contribution in [-0.2, 0) is 17.8 Å². The molecule has 4 heteroatoms. The van der Waals surface area contributed by atoms with Gasteiger partial charge in [-0.05, 0) is 68.1 Å². The third-order valence-corrected chi connectivity index (χ3v) is 5.37. The summed E-state index contributed by atoms with van der Waals surface area (Å²) in [6.07, 6.45) is 2.62. The Hall–Kier alpha value is -2.33. The second-order valence-electron chi connectivity index (χ2n) is 7.42. The van der Waals surface area contributed by atoms with Crippen LogP contribution in [0.4, 0.5) is 0 Å². The van der Waals surface area contributed by atoms with Crippen molar-refractivity contribution in [1.29, 1.82) is 0 Å². The van der Waals surface area contributed by atoms with Crippen molar-refractivity contribution in [2.45, 2.75) is 32.8 Å². The van der Waals surface area contributed by atoms with E-state index in [1.54, 1.807) is 0 Å². The third-order valence-electron chi connectivity index (χ3n) is 5.37. The fourth-order valence-corrected chi connectivity index (χ4v) is 3.64. The summed E-state index contributed by atoms with van der Waals surface area (Å²) in [5.74, 6) is 1.72. The van der Waals surface area contributed by atoms with E-state index in [2.05, 4.69) is 24.4 Å². The first-order valence-corrected chi connectivity index (χ1v) is 9.84. The SMILES string of the molecule is CNCC1CCN(C(=O)Cc2cccc(OCc3ccccc3C)c2)CC1. The molecule has 1 aliphatic rings. The molecule has 1 saturated heterocycles. The van der Waals surface area contributed by atoms with E-state index >= 15 is 0 Å². The van der Waals surface area contributed by atoms with Crippen molar-refractivity contribution in [3.63, 3.8) is 0 Å². The van der Waals surface area contributed by atoms with Crippen LogP contribution in [0.15, 0.2) is 48.5 Å². The molecule has 3 rings (SSSR count). The number of hydrogen-bond acceptors (Lipinski definition) is 3. The van der Waals surface area contributed by atoms with E-state index in [1.165, 1.54) is 11.1 Å². The highest BCUT2D eigenvalue weighted by molar-refractivity contribution is 5.79. The van der Waals surface area contributed by atoms with Crippen LogP contribution in [0.25, 0.3) is 0 Å². The molecule has 27 heavy (non-hydrogen) atoms. The lowest BCUT2D eigenvalue weighted by atomic mass is 9.96. The Morgan fingerprint density at radius 1 is 1.15 bits per heavy atom. The topological polar surface area (TPSA) is 41.6 Å². The molecule has 0 saturated carbocycles. The standard InChI is InChI=1S/C23H30N2O2/c1-18-6-3-4-8-21(18)17-27-22-9-5-7-20(14-22)15-23(26)25-12-10-19(11-13-25)16-24-2/h3-9,14,19,24H,10-13,15-17H2,1-2H3. The van der Waals surface area contributed by atoms with Crippen LogP contribution < -0.4 is 10.1 Å². The number of nitrogens with one attached hydrogen (secondary N) is 1. The monoisotopic (exact) mass is 366 g/mol. The smallest absolute Gasteiger partial charge is 0.226 e. The first-order chi connectivity index (χ1) is 13.2. The number of carbonyl (C=O) groups excluding carboxylic acids is 1. The summed E-state index contributed by atoms with van der Waals surface area (Å²) in [5, 5.41) is 3.24. The summed E-state index contributed by atoms with van der Waals surface area (Å²) in [5.41, 5.74) is 3.42. The Kier molecular flexibility index (Phi) is 6.88. The van der Waals surface area contributed by atoms with E-state index in [-0.39, 0.29) is 5.91 Å². The number of likely N-dealkylation sites (tertiary alicyclic amines) is 1. The number of nitrogens with zero attached hydrogens (tertiary/aromatic N) is 1. The normalized spacial score (nSPS) is 15.0. The third kappa shape index (κ3) is 5.57. The lowest BCUT2D eigenvalue weighted by molar-refractivity contribution is -0.131. The molecule has 0 unspecified atom stereocenters. The summed E-state index contributed by atoms with van der Waals surface area (Å²) < 4.78 is 5.95. The molecule has 0 atom stereocenters. The van der Waals surface area contributed by atoms with Gasteiger partial charge >= 0.3 is 0 Å². The van der Waals surface area contributed by atoms with Crippen LogP contribution in [-0.4, -0.2) is 37.5 Å². The zero-order valence-corrected chi connectivity index (χ0v) is 16.4. The zero-order valence-electron chi connectivity index (χ0n) is 16.4. The van der Waals surface area contributed by atoms with E-state index in [0.717, 1.165) is 43.8 Å². The van der Waals surface area contributed by atoms with E-state index in [1.807, 2.05) is 48.3 Å². The number of hydrogen-bond donors (Lipinski definition) is 1. The highest BCUT2D eigenvalue weighted by Gasteiger charge is 2.22. The van der Waals surface area contributed by atoms with E-state index in [4.69, 9.17) is 4.74 Å². The number of rotatable bonds is 7. The quantitative estimate of drug-likeness (QED) is 0.814. The summed E-state index contributed by atoms with van der Waals surface area (Å²) in [4.78, 5) is 14.6. The maximum Gasteiger partial charge on any atom is 0.226 e. The van der Waals surface area contributed by atoms with Crippen LogP contribution in [0.3, 0.4) is 0 Å². The molecule has 2 aromatic rings. The number of amides is 1. The van der Waals surface area contributed by atoms with Crippen LogP contribution in [0, 0.1) is 12.8 Å².